The number of ether oxygens (including phenoxy) is 3. The van der Waals surface area contributed by atoms with Gasteiger partial charge in [-0.1, -0.05) is 0 Å². The zero-order valence-electron chi connectivity index (χ0n) is 17.7. The SMILES string of the molecule is CCOc1ccc(C(=O)Nc2ccc(S(=O)(=O)Nc3cc(OC)nc(OC)n3)cc2)cc1. The number of aromatic nitrogens is 2. The van der Waals surface area contributed by atoms with E-state index in [1.807, 2.05) is 6.92 Å². The van der Waals surface area contributed by atoms with Crippen LogP contribution in [0.25, 0.3) is 0 Å². The normalized spacial score (nSPS) is 10.8. The van der Waals surface area contributed by atoms with Crippen molar-refractivity contribution in [3.05, 3.63) is 60.2 Å². The Kier molecular flexibility index (Phi) is 7.11. The topological polar surface area (TPSA) is 129 Å². The molecule has 0 bridgehead atoms. The number of sulfonamides is 1. The van der Waals surface area contributed by atoms with Crippen LogP contribution in [0.3, 0.4) is 0 Å². The number of amides is 1. The zero-order chi connectivity index (χ0) is 23.1. The molecule has 11 heteroatoms. The molecule has 0 radical (unpaired) electrons. The Bertz CT molecular complexity index is 1160. The highest BCUT2D eigenvalue weighted by Crippen LogP contribution is 2.22. The minimum atomic E-state index is -3.95. The second-order valence-corrected chi connectivity index (χ2v) is 8.01. The highest BCUT2D eigenvalue weighted by atomic mass is 32.2. The monoisotopic (exact) mass is 458 g/mol. The van der Waals surface area contributed by atoms with Crippen molar-refractivity contribution in [1.82, 2.24) is 9.97 Å². The average molecular weight is 458 g/mol. The van der Waals surface area contributed by atoms with Crippen molar-refractivity contribution in [3.8, 4) is 17.6 Å². The fourth-order valence-corrected chi connectivity index (χ4v) is 3.63. The van der Waals surface area contributed by atoms with Crippen LogP contribution >= 0.6 is 0 Å². The first-order valence-corrected chi connectivity index (χ1v) is 11.0. The van der Waals surface area contributed by atoms with E-state index in [2.05, 4.69) is 20.0 Å². The van der Waals surface area contributed by atoms with E-state index < -0.39 is 10.0 Å². The van der Waals surface area contributed by atoms with E-state index in [9.17, 15) is 13.2 Å². The van der Waals surface area contributed by atoms with Crippen LogP contribution in [0.5, 0.6) is 17.6 Å². The summed E-state index contributed by atoms with van der Waals surface area (Å²) in [7, 11) is -1.21. The van der Waals surface area contributed by atoms with Gasteiger partial charge in [0.05, 0.1) is 25.7 Å². The van der Waals surface area contributed by atoms with Crippen molar-refractivity contribution in [2.45, 2.75) is 11.8 Å². The molecule has 32 heavy (non-hydrogen) atoms. The number of rotatable bonds is 9. The lowest BCUT2D eigenvalue weighted by molar-refractivity contribution is 0.102. The summed E-state index contributed by atoms with van der Waals surface area (Å²) in [6, 6.07) is 13.7. The molecule has 1 heterocycles. The third-order valence-corrected chi connectivity index (χ3v) is 5.53. The number of nitrogens with zero attached hydrogens (tertiary/aromatic N) is 2. The summed E-state index contributed by atoms with van der Waals surface area (Å²) in [5.41, 5.74) is 0.881. The maximum atomic E-state index is 12.7. The summed E-state index contributed by atoms with van der Waals surface area (Å²) in [5, 5.41) is 2.72. The Balaban J connectivity index is 1.71. The van der Waals surface area contributed by atoms with Crippen molar-refractivity contribution >= 4 is 27.4 Å². The van der Waals surface area contributed by atoms with Gasteiger partial charge < -0.3 is 19.5 Å². The second kappa shape index (κ2) is 9.96. The minimum absolute atomic E-state index is 0.0124. The van der Waals surface area contributed by atoms with Gasteiger partial charge >= 0.3 is 6.01 Å². The summed E-state index contributed by atoms with van der Waals surface area (Å²) in [6.45, 7) is 2.41. The highest BCUT2D eigenvalue weighted by molar-refractivity contribution is 7.92. The molecular weight excluding hydrogens is 436 g/mol. The first-order valence-electron chi connectivity index (χ1n) is 9.48. The molecule has 3 rings (SSSR count). The Morgan fingerprint density at radius 1 is 0.969 bits per heavy atom. The number of hydrogen-bond acceptors (Lipinski definition) is 8. The van der Waals surface area contributed by atoms with Crippen molar-refractivity contribution < 1.29 is 27.4 Å². The molecule has 0 aliphatic carbocycles. The highest BCUT2D eigenvalue weighted by Gasteiger charge is 2.17. The first-order chi connectivity index (χ1) is 15.3. The van der Waals surface area contributed by atoms with Gasteiger partial charge in [-0.25, -0.2) is 8.42 Å². The van der Waals surface area contributed by atoms with E-state index in [-0.39, 0.29) is 28.5 Å². The largest absolute Gasteiger partial charge is 0.494 e. The Morgan fingerprint density at radius 2 is 1.66 bits per heavy atom. The van der Waals surface area contributed by atoms with Gasteiger partial charge in [0.25, 0.3) is 15.9 Å². The van der Waals surface area contributed by atoms with Gasteiger partial charge in [-0.15, -0.1) is 0 Å². The molecule has 2 aromatic carbocycles. The van der Waals surface area contributed by atoms with Crippen LogP contribution in [-0.2, 0) is 10.0 Å². The molecule has 168 valence electrons. The van der Waals surface area contributed by atoms with E-state index in [4.69, 9.17) is 14.2 Å². The molecule has 0 aliphatic heterocycles. The molecule has 3 aromatic rings. The van der Waals surface area contributed by atoms with Gasteiger partial charge in [0.15, 0.2) is 5.82 Å². The first kappa shape index (κ1) is 22.8. The third-order valence-electron chi connectivity index (χ3n) is 4.16. The predicted molar refractivity (Wildman–Crippen MR) is 118 cm³/mol. The van der Waals surface area contributed by atoms with Gasteiger partial charge in [-0.3, -0.25) is 9.52 Å². The van der Waals surface area contributed by atoms with E-state index in [0.717, 1.165) is 0 Å². The van der Waals surface area contributed by atoms with Gasteiger partial charge in [-0.05, 0) is 55.5 Å². The molecule has 1 aromatic heterocycles. The molecule has 0 aliphatic rings. The predicted octanol–water partition coefficient (Wildman–Crippen LogP) is 2.95. The smallest absolute Gasteiger partial charge is 0.321 e. The van der Waals surface area contributed by atoms with Crippen molar-refractivity contribution in [3.63, 3.8) is 0 Å². The number of nitrogens with one attached hydrogen (secondary N) is 2. The molecule has 2 N–H and O–H groups in total. The number of anilines is 2. The van der Waals surface area contributed by atoms with Crippen molar-refractivity contribution in [1.29, 1.82) is 0 Å². The number of carbonyl (C=O) groups is 1. The van der Waals surface area contributed by atoms with Gasteiger partial charge in [-0.2, -0.15) is 9.97 Å². The van der Waals surface area contributed by atoms with E-state index >= 15 is 0 Å². The lowest BCUT2D eigenvalue weighted by Gasteiger charge is -2.10. The minimum Gasteiger partial charge on any atom is -0.494 e. The fraction of sp³-hybridized carbons (Fsp3) is 0.190. The van der Waals surface area contributed by atoms with Crippen LogP contribution < -0.4 is 24.2 Å². The van der Waals surface area contributed by atoms with E-state index in [0.29, 0.717) is 23.6 Å². The molecule has 10 nitrogen and oxygen atoms in total. The van der Waals surface area contributed by atoms with Crippen LogP contribution in [0.4, 0.5) is 11.5 Å². The number of hydrogen-bond donors (Lipinski definition) is 2. The van der Waals surface area contributed by atoms with Crippen molar-refractivity contribution in [2.75, 3.05) is 30.9 Å². The molecule has 0 unspecified atom stereocenters. The molecule has 0 atom stereocenters. The van der Waals surface area contributed by atoms with Crippen LogP contribution in [0.2, 0.25) is 0 Å². The number of carbonyl (C=O) groups excluding carboxylic acids is 1. The van der Waals surface area contributed by atoms with Crippen LogP contribution in [0, 0.1) is 0 Å². The quantitative estimate of drug-likeness (QED) is 0.501. The van der Waals surface area contributed by atoms with Gasteiger partial charge in [0, 0.05) is 17.3 Å². The van der Waals surface area contributed by atoms with Gasteiger partial charge in [0.2, 0.25) is 5.88 Å². The van der Waals surface area contributed by atoms with Gasteiger partial charge in [0.1, 0.15) is 5.75 Å². The van der Waals surface area contributed by atoms with Crippen LogP contribution in [0.1, 0.15) is 17.3 Å². The van der Waals surface area contributed by atoms with E-state index in [1.165, 1.54) is 44.6 Å². The van der Waals surface area contributed by atoms with Crippen LogP contribution in [0.15, 0.2) is 59.5 Å². The molecule has 0 spiro atoms. The number of benzene rings is 2. The second-order valence-electron chi connectivity index (χ2n) is 6.32. The summed E-state index contributed by atoms with van der Waals surface area (Å²) in [5.74, 6) is 0.468. The standard InChI is InChI=1S/C21H22N4O6S/c1-4-31-16-9-5-14(6-10-16)20(26)22-15-7-11-17(12-8-15)32(27,28)25-18-13-19(29-2)24-21(23-18)30-3/h5-13H,4H2,1-3H3,(H,22,26)(H,23,24,25). The van der Waals surface area contributed by atoms with Crippen LogP contribution in [-0.4, -0.2) is 45.1 Å². The third kappa shape index (κ3) is 5.64. The zero-order valence-corrected chi connectivity index (χ0v) is 18.5. The van der Waals surface area contributed by atoms with E-state index in [1.54, 1.807) is 24.3 Å². The molecular formula is C21H22N4O6S. The lowest BCUT2D eigenvalue weighted by Crippen LogP contribution is -2.15. The summed E-state index contributed by atoms with van der Waals surface area (Å²) < 4.78 is 43.0. The lowest BCUT2D eigenvalue weighted by atomic mass is 10.2. The molecule has 0 saturated heterocycles. The Morgan fingerprint density at radius 3 is 2.25 bits per heavy atom. The summed E-state index contributed by atoms with van der Waals surface area (Å²) in [4.78, 5) is 20.2. The maximum absolute atomic E-state index is 12.7. The molecule has 0 saturated carbocycles. The average Bonchev–Trinajstić information content (AvgIpc) is 2.79. The Labute approximate surface area is 185 Å². The molecule has 0 fully saturated rings. The number of methoxy groups -OCH3 is 2. The fourth-order valence-electron chi connectivity index (χ4n) is 2.64. The summed E-state index contributed by atoms with van der Waals surface area (Å²) in [6.07, 6.45) is 0. The maximum Gasteiger partial charge on any atom is 0.321 e. The Hall–Kier alpha value is -3.86. The van der Waals surface area contributed by atoms with Crippen molar-refractivity contribution in [2.24, 2.45) is 0 Å². The molecule has 1 amide bonds. The summed E-state index contributed by atoms with van der Waals surface area (Å²) >= 11 is 0.